The van der Waals surface area contributed by atoms with Gasteiger partial charge < -0.3 is 10.2 Å². The minimum Gasteiger partial charge on any atom is -0.479 e. The van der Waals surface area contributed by atoms with Crippen LogP contribution in [-0.2, 0) is 14.8 Å². The first-order valence-corrected chi connectivity index (χ1v) is 8.33. The molecule has 0 heterocycles. The Morgan fingerprint density at radius 3 is 1.73 bits per heavy atom. The van der Waals surface area contributed by atoms with Gasteiger partial charge in [-0.2, -0.15) is 0 Å². The van der Waals surface area contributed by atoms with Crippen LogP contribution in [0.3, 0.4) is 0 Å². The summed E-state index contributed by atoms with van der Waals surface area (Å²) in [6, 6.07) is 0. The first-order valence-electron chi connectivity index (χ1n) is 6.85. The van der Waals surface area contributed by atoms with Gasteiger partial charge in [0.2, 0.25) is 10.0 Å². The second-order valence-corrected chi connectivity index (χ2v) is 7.56. The third kappa shape index (κ3) is 3.31. The van der Waals surface area contributed by atoms with Crippen LogP contribution >= 0.6 is 0 Å². The highest BCUT2D eigenvalue weighted by atomic mass is 32.2. The monoisotopic (exact) mass is 329 g/mol. The van der Waals surface area contributed by atoms with E-state index in [9.17, 15) is 18.3 Å². The van der Waals surface area contributed by atoms with Gasteiger partial charge >= 0.3 is 5.97 Å². The summed E-state index contributed by atoms with van der Waals surface area (Å²) in [5, 5.41) is 18.5. The fourth-order valence-corrected chi connectivity index (χ4v) is 3.98. The zero-order valence-corrected chi connectivity index (χ0v) is 14.6. The minimum atomic E-state index is -3.92. The fourth-order valence-electron chi connectivity index (χ4n) is 2.25. The normalized spacial score (nSPS) is 14.7. The van der Waals surface area contributed by atoms with Gasteiger partial charge in [-0.25, -0.2) is 17.9 Å². The molecule has 0 aliphatic carbocycles. The number of carbonyl (C=O) groups is 1. The predicted octanol–water partition coefficient (Wildman–Crippen LogP) is 1.34. The molecule has 0 saturated heterocycles. The molecule has 0 aromatic heterocycles. The molecule has 6 nitrogen and oxygen atoms in total. The molecule has 0 aliphatic heterocycles. The minimum absolute atomic E-state index is 0.147. The molecule has 1 atom stereocenters. The van der Waals surface area contributed by atoms with E-state index in [0.29, 0.717) is 11.1 Å². The molecule has 0 radical (unpaired) electrons. The molecule has 0 amide bonds. The van der Waals surface area contributed by atoms with Gasteiger partial charge in [-0.3, -0.25) is 0 Å². The first kappa shape index (κ1) is 18.6. The predicted molar refractivity (Wildman–Crippen MR) is 83.6 cm³/mol. The standard InChI is InChI=1S/C15H23NO5S/c1-8-9(2)11(4)13(12(5)10(8)3)22(20,21)16-7-15(6,19)14(17)18/h16,19H,7H2,1-6H3,(H,17,18). The van der Waals surface area contributed by atoms with Gasteiger partial charge in [-0.15, -0.1) is 0 Å². The van der Waals surface area contributed by atoms with E-state index in [4.69, 9.17) is 5.11 Å². The number of sulfonamides is 1. The van der Waals surface area contributed by atoms with Crippen molar-refractivity contribution in [2.75, 3.05) is 6.54 Å². The maximum atomic E-state index is 12.5. The summed E-state index contributed by atoms with van der Waals surface area (Å²) in [6.45, 7) is 9.52. The lowest BCUT2D eigenvalue weighted by Crippen LogP contribution is -2.46. The quantitative estimate of drug-likeness (QED) is 0.756. The highest BCUT2D eigenvalue weighted by molar-refractivity contribution is 7.89. The number of aliphatic hydroxyl groups is 1. The topological polar surface area (TPSA) is 104 Å². The molecular weight excluding hydrogens is 306 g/mol. The van der Waals surface area contributed by atoms with E-state index in [-0.39, 0.29) is 4.90 Å². The lowest BCUT2D eigenvalue weighted by Gasteiger charge is -2.22. The van der Waals surface area contributed by atoms with E-state index in [1.165, 1.54) is 0 Å². The van der Waals surface area contributed by atoms with E-state index >= 15 is 0 Å². The third-order valence-electron chi connectivity index (χ3n) is 4.27. The van der Waals surface area contributed by atoms with Crippen molar-refractivity contribution in [3.8, 4) is 0 Å². The molecule has 0 fully saturated rings. The van der Waals surface area contributed by atoms with Crippen LogP contribution in [0.2, 0.25) is 0 Å². The lowest BCUT2D eigenvalue weighted by atomic mass is 9.95. The summed E-state index contributed by atoms with van der Waals surface area (Å²) < 4.78 is 27.3. The number of rotatable bonds is 5. The molecule has 0 saturated carbocycles. The van der Waals surface area contributed by atoms with Crippen molar-refractivity contribution in [2.45, 2.75) is 52.0 Å². The number of carboxylic acid groups (broad SMARTS) is 1. The number of carboxylic acids is 1. The second kappa shape index (κ2) is 5.98. The SMILES string of the molecule is Cc1c(C)c(C)c(S(=O)(=O)NCC(C)(O)C(=O)O)c(C)c1C. The molecule has 124 valence electrons. The Kier molecular flexibility index (Phi) is 5.06. The van der Waals surface area contributed by atoms with Crippen molar-refractivity contribution in [1.82, 2.24) is 4.72 Å². The Bertz CT molecular complexity index is 691. The maximum absolute atomic E-state index is 12.5. The van der Waals surface area contributed by atoms with E-state index in [0.717, 1.165) is 23.6 Å². The molecule has 1 aromatic carbocycles. The highest BCUT2D eigenvalue weighted by Gasteiger charge is 2.33. The molecule has 0 spiro atoms. The van der Waals surface area contributed by atoms with E-state index in [1.54, 1.807) is 13.8 Å². The number of hydrogen-bond donors (Lipinski definition) is 3. The van der Waals surface area contributed by atoms with Crippen molar-refractivity contribution >= 4 is 16.0 Å². The van der Waals surface area contributed by atoms with E-state index in [1.807, 2.05) is 20.8 Å². The zero-order chi connectivity index (χ0) is 17.5. The maximum Gasteiger partial charge on any atom is 0.336 e. The first-order chi connectivity index (χ1) is 9.83. The Hall–Kier alpha value is -1.44. The van der Waals surface area contributed by atoms with Gasteiger partial charge in [0, 0.05) is 0 Å². The summed E-state index contributed by atoms with van der Waals surface area (Å²) in [5.74, 6) is -1.49. The molecule has 22 heavy (non-hydrogen) atoms. The molecule has 1 aromatic rings. The van der Waals surface area contributed by atoms with Crippen LogP contribution in [0, 0.1) is 34.6 Å². The number of benzene rings is 1. The molecule has 0 aliphatic rings. The molecule has 0 bridgehead atoms. The van der Waals surface area contributed by atoms with Gasteiger partial charge in [0.05, 0.1) is 11.4 Å². The molecule has 3 N–H and O–H groups in total. The van der Waals surface area contributed by atoms with Gasteiger partial charge in [0.25, 0.3) is 0 Å². The van der Waals surface area contributed by atoms with Gasteiger partial charge in [0.15, 0.2) is 5.60 Å². The summed E-state index contributed by atoms with van der Waals surface area (Å²) in [5.41, 5.74) is 1.89. The molecule has 7 heteroatoms. The summed E-state index contributed by atoms with van der Waals surface area (Å²) in [7, 11) is -3.92. The lowest BCUT2D eigenvalue weighted by molar-refractivity contribution is -0.155. The van der Waals surface area contributed by atoms with Crippen LogP contribution in [-0.4, -0.2) is 36.7 Å². The van der Waals surface area contributed by atoms with Gasteiger partial charge in [0.1, 0.15) is 0 Å². The fraction of sp³-hybridized carbons (Fsp3) is 0.533. The van der Waals surface area contributed by atoms with E-state index in [2.05, 4.69) is 4.72 Å². The largest absolute Gasteiger partial charge is 0.479 e. The highest BCUT2D eigenvalue weighted by Crippen LogP contribution is 2.29. The molecule has 1 unspecified atom stereocenters. The van der Waals surface area contributed by atoms with Crippen molar-refractivity contribution in [3.63, 3.8) is 0 Å². The van der Waals surface area contributed by atoms with Crippen LogP contribution in [0.5, 0.6) is 0 Å². The number of aliphatic carboxylic acids is 1. The Morgan fingerprint density at radius 1 is 1.00 bits per heavy atom. The zero-order valence-electron chi connectivity index (χ0n) is 13.7. The van der Waals surface area contributed by atoms with Crippen LogP contribution in [0.4, 0.5) is 0 Å². The molecule has 1 rings (SSSR count). The Morgan fingerprint density at radius 2 is 1.36 bits per heavy atom. The Balaban J connectivity index is 3.34. The summed E-state index contributed by atoms with van der Waals surface area (Å²) in [6.07, 6.45) is 0. The average Bonchev–Trinajstić information content (AvgIpc) is 2.41. The number of nitrogens with one attached hydrogen (secondary N) is 1. The van der Waals surface area contributed by atoms with Crippen molar-refractivity contribution in [2.24, 2.45) is 0 Å². The Labute approximate surface area is 131 Å². The van der Waals surface area contributed by atoms with Crippen LogP contribution in [0.25, 0.3) is 0 Å². The number of hydrogen-bond acceptors (Lipinski definition) is 4. The molecular formula is C15H23NO5S. The third-order valence-corrected chi connectivity index (χ3v) is 5.94. The average molecular weight is 329 g/mol. The van der Waals surface area contributed by atoms with Crippen LogP contribution < -0.4 is 4.72 Å². The summed E-state index contributed by atoms with van der Waals surface area (Å²) >= 11 is 0. The van der Waals surface area contributed by atoms with Crippen LogP contribution in [0.15, 0.2) is 4.90 Å². The van der Waals surface area contributed by atoms with Crippen molar-refractivity contribution in [3.05, 3.63) is 27.8 Å². The van der Waals surface area contributed by atoms with Crippen molar-refractivity contribution in [1.29, 1.82) is 0 Å². The smallest absolute Gasteiger partial charge is 0.336 e. The van der Waals surface area contributed by atoms with Crippen LogP contribution in [0.1, 0.15) is 34.7 Å². The van der Waals surface area contributed by atoms with E-state index < -0.39 is 28.1 Å². The van der Waals surface area contributed by atoms with Crippen molar-refractivity contribution < 1.29 is 23.4 Å². The second-order valence-electron chi connectivity index (χ2n) is 5.86. The van der Waals surface area contributed by atoms with Gasteiger partial charge in [-0.1, -0.05) is 0 Å². The van der Waals surface area contributed by atoms with Gasteiger partial charge in [-0.05, 0) is 69.4 Å². The summed E-state index contributed by atoms with van der Waals surface area (Å²) in [4.78, 5) is 11.0.